The molecule has 3 rings (SSSR count). The Bertz CT molecular complexity index is 943. The first-order valence-corrected chi connectivity index (χ1v) is 10.5. The first-order valence-electron chi connectivity index (χ1n) is 9.49. The van der Waals surface area contributed by atoms with Gasteiger partial charge in [-0.15, -0.1) is 10.2 Å². The van der Waals surface area contributed by atoms with Gasteiger partial charge in [-0.05, 0) is 42.7 Å². The van der Waals surface area contributed by atoms with Crippen LogP contribution < -0.4 is 9.47 Å². The minimum atomic E-state index is 0.672. The van der Waals surface area contributed by atoms with Crippen molar-refractivity contribution in [3.63, 3.8) is 0 Å². The third kappa shape index (κ3) is 5.10. The van der Waals surface area contributed by atoms with Crippen LogP contribution in [0.2, 0.25) is 0 Å². The van der Waals surface area contributed by atoms with Crippen LogP contribution in [0, 0.1) is 6.92 Å². The summed E-state index contributed by atoms with van der Waals surface area (Å²) < 4.78 is 18.2. The predicted octanol–water partition coefficient (Wildman–Crippen LogP) is 4.60. The van der Waals surface area contributed by atoms with Crippen molar-refractivity contribution >= 4 is 11.8 Å². The molecule has 0 aliphatic heterocycles. The molecule has 154 valence electrons. The Morgan fingerprint density at radius 3 is 2.48 bits per heavy atom. The fraction of sp³-hybridized carbons (Fsp3) is 0.364. The molecule has 3 aromatic rings. The Balaban J connectivity index is 1.90. The summed E-state index contributed by atoms with van der Waals surface area (Å²) in [6.07, 6.45) is 0.882. The standard InChI is InChI=1S/C22H27N3O3S/c1-16-8-5-6-9-18(16)15-29-22-24-23-21(25(22)12-7-13-26-2)17-10-11-19(27-3)20(14-17)28-4/h5-6,8-11,14H,7,12-13,15H2,1-4H3. The van der Waals surface area contributed by atoms with Crippen molar-refractivity contribution < 1.29 is 14.2 Å². The number of thioether (sulfide) groups is 1. The molecule has 0 N–H and O–H groups in total. The highest BCUT2D eigenvalue weighted by Gasteiger charge is 2.16. The van der Waals surface area contributed by atoms with Gasteiger partial charge in [-0.25, -0.2) is 0 Å². The third-order valence-corrected chi connectivity index (χ3v) is 5.72. The molecular weight excluding hydrogens is 386 g/mol. The summed E-state index contributed by atoms with van der Waals surface area (Å²) in [6.45, 7) is 3.60. The van der Waals surface area contributed by atoms with Crippen molar-refractivity contribution in [2.75, 3.05) is 27.9 Å². The molecule has 0 saturated heterocycles. The van der Waals surface area contributed by atoms with Crippen LogP contribution in [0.4, 0.5) is 0 Å². The van der Waals surface area contributed by atoms with Crippen LogP contribution in [-0.2, 0) is 17.0 Å². The van der Waals surface area contributed by atoms with E-state index in [0.717, 1.165) is 35.3 Å². The summed E-state index contributed by atoms with van der Waals surface area (Å²) in [7, 11) is 4.98. The summed E-state index contributed by atoms with van der Waals surface area (Å²) in [5.74, 6) is 3.02. The van der Waals surface area contributed by atoms with Gasteiger partial charge in [0.2, 0.25) is 0 Å². The number of aromatic nitrogens is 3. The van der Waals surface area contributed by atoms with Crippen LogP contribution in [0.1, 0.15) is 17.5 Å². The van der Waals surface area contributed by atoms with Gasteiger partial charge < -0.3 is 18.8 Å². The second kappa shape index (κ2) is 10.3. The van der Waals surface area contributed by atoms with Crippen LogP contribution in [0.25, 0.3) is 11.4 Å². The average Bonchev–Trinajstić information content (AvgIpc) is 3.15. The molecule has 0 spiro atoms. The maximum Gasteiger partial charge on any atom is 0.191 e. The zero-order valence-corrected chi connectivity index (χ0v) is 18.2. The van der Waals surface area contributed by atoms with E-state index in [1.807, 2.05) is 18.2 Å². The van der Waals surface area contributed by atoms with E-state index < -0.39 is 0 Å². The lowest BCUT2D eigenvalue weighted by atomic mass is 10.1. The zero-order valence-electron chi connectivity index (χ0n) is 17.3. The molecule has 0 radical (unpaired) electrons. The van der Waals surface area contributed by atoms with Gasteiger partial charge in [-0.2, -0.15) is 0 Å². The normalized spacial score (nSPS) is 10.9. The molecule has 7 heteroatoms. The van der Waals surface area contributed by atoms with E-state index in [9.17, 15) is 0 Å². The second-order valence-corrected chi connectivity index (χ2v) is 7.53. The molecular formula is C22H27N3O3S. The van der Waals surface area contributed by atoms with Gasteiger partial charge in [0.05, 0.1) is 14.2 Å². The van der Waals surface area contributed by atoms with Gasteiger partial charge in [0, 0.05) is 31.6 Å². The SMILES string of the molecule is COCCCn1c(SCc2ccccc2C)nnc1-c1ccc(OC)c(OC)c1. The van der Waals surface area contributed by atoms with E-state index >= 15 is 0 Å². The molecule has 2 aromatic carbocycles. The van der Waals surface area contributed by atoms with Crippen LogP contribution >= 0.6 is 11.8 Å². The number of hydrogen-bond donors (Lipinski definition) is 0. The Kier molecular flexibility index (Phi) is 7.55. The van der Waals surface area contributed by atoms with Crippen LogP contribution in [0.5, 0.6) is 11.5 Å². The van der Waals surface area contributed by atoms with Crippen molar-refractivity contribution in [3.8, 4) is 22.9 Å². The summed E-state index contributed by atoms with van der Waals surface area (Å²) in [6, 6.07) is 14.2. The van der Waals surface area contributed by atoms with Crippen LogP contribution in [0.15, 0.2) is 47.6 Å². The fourth-order valence-electron chi connectivity index (χ4n) is 3.07. The molecule has 29 heavy (non-hydrogen) atoms. The molecule has 6 nitrogen and oxygen atoms in total. The lowest BCUT2D eigenvalue weighted by Gasteiger charge is -2.12. The second-order valence-electron chi connectivity index (χ2n) is 6.59. The zero-order chi connectivity index (χ0) is 20.6. The van der Waals surface area contributed by atoms with Gasteiger partial charge in [0.15, 0.2) is 22.5 Å². The number of hydrogen-bond acceptors (Lipinski definition) is 6. The smallest absolute Gasteiger partial charge is 0.191 e. The molecule has 0 amide bonds. The van der Waals surface area contributed by atoms with E-state index in [-0.39, 0.29) is 0 Å². The summed E-state index contributed by atoms with van der Waals surface area (Å²) >= 11 is 1.70. The molecule has 0 fully saturated rings. The maximum absolute atomic E-state index is 5.45. The minimum absolute atomic E-state index is 0.672. The summed E-state index contributed by atoms with van der Waals surface area (Å²) in [5, 5.41) is 9.86. The molecule has 0 unspecified atom stereocenters. The van der Waals surface area contributed by atoms with Crippen molar-refractivity contribution in [3.05, 3.63) is 53.6 Å². The molecule has 0 atom stereocenters. The maximum atomic E-state index is 5.45. The fourth-order valence-corrected chi connectivity index (χ4v) is 4.11. The Morgan fingerprint density at radius 2 is 1.76 bits per heavy atom. The molecule has 0 aliphatic rings. The Morgan fingerprint density at radius 1 is 0.966 bits per heavy atom. The van der Waals surface area contributed by atoms with Crippen molar-refractivity contribution in [1.82, 2.24) is 14.8 Å². The number of rotatable bonds is 10. The van der Waals surface area contributed by atoms with Gasteiger partial charge in [0.1, 0.15) is 0 Å². The highest BCUT2D eigenvalue weighted by atomic mass is 32.2. The highest BCUT2D eigenvalue weighted by molar-refractivity contribution is 7.98. The highest BCUT2D eigenvalue weighted by Crippen LogP contribution is 2.33. The first kappa shape index (κ1) is 21.2. The van der Waals surface area contributed by atoms with Crippen molar-refractivity contribution in [1.29, 1.82) is 0 Å². The van der Waals surface area contributed by atoms with E-state index in [2.05, 4.69) is 46.0 Å². The number of ether oxygens (including phenoxy) is 3. The lowest BCUT2D eigenvalue weighted by molar-refractivity contribution is 0.189. The Hall–Kier alpha value is -2.51. The number of nitrogens with zero attached hydrogens (tertiary/aromatic N) is 3. The quantitative estimate of drug-likeness (QED) is 0.358. The van der Waals surface area contributed by atoms with Gasteiger partial charge in [-0.3, -0.25) is 0 Å². The topological polar surface area (TPSA) is 58.4 Å². The monoisotopic (exact) mass is 413 g/mol. The summed E-state index contributed by atoms with van der Waals surface area (Å²) in [5.41, 5.74) is 3.53. The predicted molar refractivity (Wildman–Crippen MR) is 116 cm³/mol. The number of methoxy groups -OCH3 is 3. The molecule has 0 bridgehead atoms. The van der Waals surface area contributed by atoms with Gasteiger partial charge >= 0.3 is 0 Å². The van der Waals surface area contributed by atoms with E-state index in [0.29, 0.717) is 18.1 Å². The summed E-state index contributed by atoms with van der Waals surface area (Å²) in [4.78, 5) is 0. The molecule has 1 heterocycles. The van der Waals surface area contributed by atoms with Crippen LogP contribution in [-0.4, -0.2) is 42.7 Å². The minimum Gasteiger partial charge on any atom is -0.493 e. The molecule has 0 saturated carbocycles. The van der Waals surface area contributed by atoms with E-state index in [1.54, 1.807) is 33.1 Å². The van der Waals surface area contributed by atoms with Gasteiger partial charge in [-0.1, -0.05) is 36.0 Å². The Labute approximate surface area is 176 Å². The number of benzene rings is 2. The average molecular weight is 414 g/mol. The molecule has 1 aromatic heterocycles. The third-order valence-electron chi connectivity index (χ3n) is 4.71. The van der Waals surface area contributed by atoms with Crippen molar-refractivity contribution in [2.24, 2.45) is 0 Å². The number of aryl methyl sites for hydroxylation is 1. The largest absolute Gasteiger partial charge is 0.493 e. The van der Waals surface area contributed by atoms with E-state index in [1.165, 1.54) is 11.1 Å². The first-order chi connectivity index (χ1) is 14.2. The lowest BCUT2D eigenvalue weighted by Crippen LogP contribution is -2.05. The van der Waals surface area contributed by atoms with Gasteiger partial charge in [0.25, 0.3) is 0 Å². The van der Waals surface area contributed by atoms with Crippen LogP contribution in [0.3, 0.4) is 0 Å². The van der Waals surface area contributed by atoms with E-state index in [4.69, 9.17) is 14.2 Å². The molecule has 0 aliphatic carbocycles. The van der Waals surface area contributed by atoms with Crippen molar-refractivity contribution in [2.45, 2.75) is 30.8 Å².